The van der Waals surface area contributed by atoms with E-state index in [1.54, 1.807) is 13.8 Å². The molecule has 0 spiro atoms. The van der Waals surface area contributed by atoms with Crippen molar-refractivity contribution in [2.24, 2.45) is 5.92 Å². The summed E-state index contributed by atoms with van der Waals surface area (Å²) in [7, 11) is 0. The molecule has 0 aliphatic carbocycles. The van der Waals surface area contributed by atoms with Gasteiger partial charge in [0.15, 0.2) is 0 Å². The van der Waals surface area contributed by atoms with E-state index >= 15 is 0 Å². The van der Waals surface area contributed by atoms with Gasteiger partial charge in [-0.15, -0.1) is 0 Å². The Hall–Kier alpha value is -3.83. The number of aliphatic carboxylic acids is 1. The fraction of sp³-hybridized carbons (Fsp3) is 0.593. The van der Waals surface area contributed by atoms with Gasteiger partial charge in [0.25, 0.3) is 5.91 Å². The highest BCUT2D eigenvalue weighted by Gasteiger charge is 2.43. The lowest BCUT2D eigenvalue weighted by atomic mass is 9.97. The van der Waals surface area contributed by atoms with E-state index in [-0.39, 0.29) is 41.9 Å². The maximum atomic E-state index is 13.6. The van der Waals surface area contributed by atoms with Gasteiger partial charge in [-0.2, -0.15) is 0 Å². The van der Waals surface area contributed by atoms with Crippen LogP contribution in [0.1, 0.15) is 69.7 Å². The predicted octanol–water partition coefficient (Wildman–Crippen LogP) is 1.20. The largest absolute Gasteiger partial charge is 0.508 e. The molecule has 5 atom stereocenters. The van der Waals surface area contributed by atoms with Crippen LogP contribution in [0.15, 0.2) is 18.2 Å². The van der Waals surface area contributed by atoms with Crippen LogP contribution < -0.4 is 10.6 Å². The number of carboxylic acids is 1. The van der Waals surface area contributed by atoms with Crippen molar-refractivity contribution in [2.75, 3.05) is 13.1 Å². The monoisotopic (exact) mass is 546 g/mol. The molecule has 0 radical (unpaired) electrons. The van der Waals surface area contributed by atoms with E-state index in [1.807, 2.05) is 6.92 Å². The average molecular weight is 547 g/mol. The lowest BCUT2D eigenvalue weighted by molar-refractivity contribution is -0.144. The zero-order valence-electron chi connectivity index (χ0n) is 22.6. The van der Waals surface area contributed by atoms with Gasteiger partial charge in [-0.3, -0.25) is 19.2 Å². The van der Waals surface area contributed by atoms with E-state index < -0.39 is 47.9 Å². The number of carbonyl (C=O) groups is 5. The number of carbonyl (C=O) groups excluding carboxylic acids is 4. The van der Waals surface area contributed by atoms with E-state index in [9.17, 15) is 39.3 Å². The number of carboxylic acid groups (broad SMARTS) is 1. The van der Waals surface area contributed by atoms with E-state index in [1.165, 1.54) is 21.9 Å². The summed E-state index contributed by atoms with van der Waals surface area (Å²) in [4.78, 5) is 67.3. The minimum atomic E-state index is -1.16. The van der Waals surface area contributed by atoms with E-state index in [0.29, 0.717) is 38.6 Å². The molecule has 1 aromatic carbocycles. The first-order valence-corrected chi connectivity index (χ1v) is 13.5. The number of phenols is 2. The van der Waals surface area contributed by atoms with Crippen LogP contribution in [-0.4, -0.2) is 92.0 Å². The maximum absolute atomic E-state index is 13.6. The minimum Gasteiger partial charge on any atom is -0.508 e. The number of benzene rings is 1. The Balaban J connectivity index is 1.75. The molecule has 12 nitrogen and oxygen atoms in total. The van der Waals surface area contributed by atoms with Crippen LogP contribution in [0.3, 0.4) is 0 Å². The molecule has 2 heterocycles. The predicted molar refractivity (Wildman–Crippen MR) is 140 cm³/mol. The molecule has 0 unspecified atom stereocenters. The molecule has 0 aromatic heterocycles. The van der Waals surface area contributed by atoms with E-state index in [4.69, 9.17) is 0 Å². The van der Waals surface area contributed by atoms with E-state index in [0.717, 1.165) is 6.07 Å². The van der Waals surface area contributed by atoms with Crippen LogP contribution in [-0.2, 0) is 19.2 Å². The number of amides is 4. The summed E-state index contributed by atoms with van der Waals surface area (Å²) in [6.45, 7) is 5.86. The first kappa shape index (κ1) is 29.7. The molecule has 2 aliphatic heterocycles. The van der Waals surface area contributed by atoms with Gasteiger partial charge >= 0.3 is 5.97 Å². The smallest absolute Gasteiger partial charge is 0.326 e. The van der Waals surface area contributed by atoms with Crippen LogP contribution in [0.4, 0.5) is 0 Å². The van der Waals surface area contributed by atoms with Crippen LogP contribution in [0.5, 0.6) is 11.5 Å². The summed E-state index contributed by atoms with van der Waals surface area (Å²) in [5.74, 6) is -4.03. The normalized spacial score (nSPS) is 21.2. The van der Waals surface area contributed by atoms with Crippen LogP contribution in [0, 0.1) is 5.92 Å². The first-order chi connectivity index (χ1) is 18.5. The van der Waals surface area contributed by atoms with Crippen molar-refractivity contribution in [1.82, 2.24) is 20.4 Å². The summed E-state index contributed by atoms with van der Waals surface area (Å²) in [6, 6.07) is -0.124. The average Bonchev–Trinajstić information content (AvgIpc) is 3.60. The van der Waals surface area contributed by atoms with Crippen molar-refractivity contribution in [3.63, 3.8) is 0 Å². The number of nitrogens with zero attached hydrogens (tertiary/aromatic N) is 2. The fourth-order valence-electron chi connectivity index (χ4n) is 5.16. The fourth-order valence-corrected chi connectivity index (χ4v) is 5.16. The van der Waals surface area contributed by atoms with E-state index in [2.05, 4.69) is 10.6 Å². The number of likely N-dealkylation sites (tertiary alicyclic amines) is 2. The second-order valence-corrected chi connectivity index (χ2v) is 10.2. The number of rotatable bonds is 10. The SMILES string of the molecule is CC[C@H](NC(=O)[C@@H](NC(=O)[C@@H]1CCCN1C(=O)[C@@H]1CCCN1C(=O)c1cc(O)ccc1O)[C@@H](C)CC)C(=O)O. The lowest BCUT2D eigenvalue weighted by Crippen LogP contribution is -2.58. The zero-order valence-corrected chi connectivity index (χ0v) is 22.6. The van der Waals surface area contributed by atoms with Gasteiger partial charge in [0.2, 0.25) is 17.7 Å². The third-order valence-corrected chi connectivity index (χ3v) is 7.66. The molecular formula is C27H38N4O8. The molecule has 1 aromatic rings. The second kappa shape index (κ2) is 12.8. The van der Waals surface area contributed by atoms with Crippen LogP contribution in [0.25, 0.3) is 0 Å². The van der Waals surface area contributed by atoms with Crippen molar-refractivity contribution in [3.8, 4) is 11.5 Å². The molecule has 2 aliphatic rings. The molecule has 12 heteroatoms. The zero-order chi connectivity index (χ0) is 28.9. The van der Waals surface area contributed by atoms with Gasteiger partial charge in [0.1, 0.15) is 35.7 Å². The molecule has 3 rings (SSSR count). The number of nitrogens with one attached hydrogen (secondary N) is 2. The summed E-state index contributed by atoms with van der Waals surface area (Å²) in [5, 5.41) is 34.5. The minimum absolute atomic E-state index is 0.112. The summed E-state index contributed by atoms with van der Waals surface area (Å²) < 4.78 is 0. The Morgan fingerprint density at radius 3 is 2.21 bits per heavy atom. The molecule has 0 saturated carbocycles. The molecule has 39 heavy (non-hydrogen) atoms. The summed E-state index contributed by atoms with van der Waals surface area (Å²) in [6.07, 6.45) is 2.63. The van der Waals surface area contributed by atoms with Crippen molar-refractivity contribution in [2.45, 2.75) is 83.5 Å². The number of hydrogen-bond acceptors (Lipinski definition) is 7. The van der Waals surface area contributed by atoms with Crippen LogP contribution >= 0.6 is 0 Å². The van der Waals surface area contributed by atoms with Gasteiger partial charge in [0, 0.05) is 13.1 Å². The van der Waals surface area contributed by atoms with Crippen LogP contribution in [0.2, 0.25) is 0 Å². The van der Waals surface area contributed by atoms with Crippen molar-refractivity contribution >= 4 is 29.6 Å². The second-order valence-electron chi connectivity index (χ2n) is 10.2. The molecule has 0 bridgehead atoms. The highest BCUT2D eigenvalue weighted by Crippen LogP contribution is 2.30. The van der Waals surface area contributed by atoms with Gasteiger partial charge in [-0.1, -0.05) is 27.2 Å². The molecule has 4 amide bonds. The Morgan fingerprint density at radius 2 is 1.59 bits per heavy atom. The first-order valence-electron chi connectivity index (χ1n) is 13.5. The number of hydrogen-bond donors (Lipinski definition) is 5. The van der Waals surface area contributed by atoms with Crippen molar-refractivity contribution in [3.05, 3.63) is 23.8 Å². The standard InChI is InChI=1S/C27H38N4O8/c1-4-15(3)22(24(35)28-18(5-2)27(38)39)29-23(34)19-8-6-12-30(19)26(37)20-9-7-13-31(20)25(36)17-14-16(32)10-11-21(17)33/h10-11,14-15,18-20,22,32-33H,4-9,12-13H2,1-3H3,(H,28,35)(H,29,34)(H,38,39)/t15-,18-,19-,20-,22-/m0/s1. The van der Waals surface area contributed by atoms with Gasteiger partial charge in [-0.05, 0) is 56.2 Å². The maximum Gasteiger partial charge on any atom is 0.326 e. The molecular weight excluding hydrogens is 508 g/mol. The topological polar surface area (TPSA) is 177 Å². The molecule has 2 fully saturated rings. The highest BCUT2D eigenvalue weighted by atomic mass is 16.4. The Kier molecular flexibility index (Phi) is 9.76. The Labute approximate surface area is 227 Å². The van der Waals surface area contributed by atoms with Crippen molar-refractivity contribution < 1.29 is 39.3 Å². The molecule has 214 valence electrons. The van der Waals surface area contributed by atoms with Crippen molar-refractivity contribution in [1.29, 1.82) is 0 Å². The van der Waals surface area contributed by atoms with Gasteiger partial charge in [0.05, 0.1) is 5.56 Å². The highest BCUT2D eigenvalue weighted by molar-refractivity contribution is 6.01. The Morgan fingerprint density at radius 1 is 0.949 bits per heavy atom. The lowest BCUT2D eigenvalue weighted by Gasteiger charge is -2.32. The Bertz CT molecular complexity index is 1110. The number of aromatic hydroxyl groups is 2. The summed E-state index contributed by atoms with van der Waals surface area (Å²) in [5.41, 5.74) is -0.112. The summed E-state index contributed by atoms with van der Waals surface area (Å²) >= 11 is 0. The van der Waals surface area contributed by atoms with Gasteiger partial charge in [-0.25, -0.2) is 4.79 Å². The van der Waals surface area contributed by atoms with Gasteiger partial charge < -0.3 is 35.8 Å². The molecule has 2 saturated heterocycles. The third-order valence-electron chi connectivity index (χ3n) is 7.66. The molecule has 5 N–H and O–H groups in total. The quantitative estimate of drug-likeness (QED) is 0.272. The number of phenolic OH excluding ortho intramolecular Hbond substituents is 2. The third kappa shape index (κ3) is 6.61.